The lowest BCUT2D eigenvalue weighted by atomic mass is 9.79. The summed E-state index contributed by atoms with van der Waals surface area (Å²) in [4.78, 5) is 0. The average Bonchev–Trinajstić information content (AvgIpc) is 2.37. The third kappa shape index (κ3) is 3.96. The molecule has 2 rings (SSSR count). The first-order chi connectivity index (χ1) is 8.89. The fraction of sp³-hybridized carbons (Fsp3) is 0.600. The highest BCUT2D eigenvalue weighted by Gasteiger charge is 2.30. The summed E-state index contributed by atoms with van der Waals surface area (Å²) in [5, 5.41) is 0. The van der Waals surface area contributed by atoms with Gasteiger partial charge in [0.2, 0.25) is 0 Å². The summed E-state index contributed by atoms with van der Waals surface area (Å²) in [5.41, 5.74) is 6.56. The highest BCUT2D eigenvalue weighted by Crippen LogP contribution is 2.31. The number of aryl methyl sites for hydroxylation is 1. The van der Waals surface area contributed by atoms with Crippen molar-refractivity contribution in [2.24, 2.45) is 5.73 Å². The molecule has 1 aromatic carbocycles. The summed E-state index contributed by atoms with van der Waals surface area (Å²) < 4.78 is 37.3. The van der Waals surface area contributed by atoms with Crippen LogP contribution in [0.3, 0.4) is 0 Å². The van der Waals surface area contributed by atoms with E-state index in [0.29, 0.717) is 0 Å². The van der Waals surface area contributed by atoms with Crippen molar-refractivity contribution in [2.75, 3.05) is 0 Å². The first-order valence-electron chi connectivity index (χ1n) is 6.84. The molecule has 4 heteroatoms. The molecule has 1 fully saturated rings. The second kappa shape index (κ2) is 5.53. The van der Waals surface area contributed by atoms with Crippen molar-refractivity contribution in [2.45, 2.75) is 56.7 Å². The third-order valence-electron chi connectivity index (χ3n) is 4.04. The van der Waals surface area contributed by atoms with E-state index in [1.807, 2.05) is 0 Å². The number of halogens is 3. The van der Waals surface area contributed by atoms with E-state index >= 15 is 0 Å². The molecule has 0 spiro atoms. The number of alkyl halides is 3. The molecule has 106 valence electrons. The zero-order chi connectivity index (χ0) is 13.9. The normalized spacial score (nSPS) is 19.4. The Bertz CT molecular complexity index is 402. The smallest absolute Gasteiger partial charge is 0.325 e. The van der Waals surface area contributed by atoms with Gasteiger partial charge in [-0.25, -0.2) is 0 Å². The molecular formula is C15H20F3N. The fourth-order valence-electron chi connectivity index (χ4n) is 2.76. The van der Waals surface area contributed by atoms with E-state index in [9.17, 15) is 13.2 Å². The van der Waals surface area contributed by atoms with Crippen LogP contribution in [0.5, 0.6) is 0 Å². The molecule has 19 heavy (non-hydrogen) atoms. The van der Waals surface area contributed by atoms with Crippen molar-refractivity contribution in [3.05, 3.63) is 35.4 Å². The molecule has 0 heterocycles. The van der Waals surface area contributed by atoms with Gasteiger partial charge >= 0.3 is 6.18 Å². The van der Waals surface area contributed by atoms with Crippen LogP contribution in [0.25, 0.3) is 0 Å². The van der Waals surface area contributed by atoms with Gasteiger partial charge in [-0.3, -0.25) is 0 Å². The average molecular weight is 271 g/mol. The first kappa shape index (κ1) is 14.4. The molecule has 2 N–H and O–H groups in total. The number of benzene rings is 1. The second-order valence-corrected chi connectivity index (χ2v) is 5.62. The van der Waals surface area contributed by atoms with Crippen LogP contribution in [0.2, 0.25) is 0 Å². The maximum atomic E-state index is 12.4. The molecule has 0 bridgehead atoms. The van der Waals surface area contributed by atoms with Crippen LogP contribution in [0.1, 0.15) is 49.7 Å². The zero-order valence-electron chi connectivity index (χ0n) is 11.0. The summed E-state index contributed by atoms with van der Waals surface area (Å²) in [6.07, 6.45) is 3.03. The molecule has 0 radical (unpaired) electrons. The predicted molar refractivity (Wildman–Crippen MR) is 69.8 cm³/mol. The van der Waals surface area contributed by atoms with Gasteiger partial charge < -0.3 is 5.73 Å². The Hall–Kier alpha value is -1.03. The van der Waals surface area contributed by atoms with Crippen molar-refractivity contribution < 1.29 is 13.2 Å². The molecule has 0 aliphatic heterocycles. The van der Waals surface area contributed by atoms with Crippen molar-refractivity contribution in [1.82, 2.24) is 0 Å². The van der Waals surface area contributed by atoms with E-state index in [4.69, 9.17) is 5.73 Å². The van der Waals surface area contributed by atoms with Crippen molar-refractivity contribution in [1.29, 1.82) is 0 Å². The Morgan fingerprint density at radius 1 is 1.00 bits per heavy atom. The van der Waals surface area contributed by atoms with Crippen LogP contribution in [0.4, 0.5) is 13.2 Å². The molecular weight excluding hydrogens is 251 g/mol. The summed E-state index contributed by atoms with van der Waals surface area (Å²) in [6, 6.07) is 5.43. The van der Waals surface area contributed by atoms with E-state index in [1.165, 1.54) is 19.3 Å². The first-order valence-corrected chi connectivity index (χ1v) is 6.84. The van der Waals surface area contributed by atoms with Crippen LogP contribution in [-0.2, 0) is 12.6 Å². The molecule has 0 saturated heterocycles. The van der Waals surface area contributed by atoms with Gasteiger partial charge in [-0.05, 0) is 43.4 Å². The maximum Gasteiger partial charge on any atom is 0.416 e. The number of rotatable bonds is 3. The van der Waals surface area contributed by atoms with Gasteiger partial charge in [0.15, 0.2) is 0 Å². The van der Waals surface area contributed by atoms with Gasteiger partial charge in [0, 0.05) is 5.54 Å². The summed E-state index contributed by atoms with van der Waals surface area (Å²) in [6.45, 7) is 0. The molecule has 1 aliphatic rings. The van der Waals surface area contributed by atoms with Gasteiger partial charge in [-0.2, -0.15) is 13.2 Å². The number of nitrogens with two attached hydrogens (primary N) is 1. The lowest BCUT2D eigenvalue weighted by Gasteiger charge is -2.33. The quantitative estimate of drug-likeness (QED) is 0.871. The standard InChI is InChI=1S/C15H20F3N/c16-15(17,18)13-6-4-12(5-7-13)8-11-14(19)9-2-1-3-10-14/h4-7H,1-3,8-11,19H2. The second-order valence-electron chi connectivity index (χ2n) is 5.62. The van der Waals surface area contributed by atoms with Gasteiger partial charge in [0.25, 0.3) is 0 Å². The van der Waals surface area contributed by atoms with Crippen LogP contribution >= 0.6 is 0 Å². The third-order valence-corrected chi connectivity index (χ3v) is 4.04. The van der Waals surface area contributed by atoms with Crippen LogP contribution < -0.4 is 5.73 Å². The Labute approximate surface area is 112 Å². The highest BCUT2D eigenvalue weighted by atomic mass is 19.4. The molecule has 1 saturated carbocycles. The van der Waals surface area contributed by atoms with Crippen molar-refractivity contribution >= 4 is 0 Å². The zero-order valence-corrected chi connectivity index (χ0v) is 11.0. The molecule has 1 nitrogen and oxygen atoms in total. The summed E-state index contributed by atoms with van der Waals surface area (Å²) >= 11 is 0. The van der Waals surface area contributed by atoms with Crippen LogP contribution in [0, 0.1) is 0 Å². The van der Waals surface area contributed by atoms with Crippen molar-refractivity contribution in [3.8, 4) is 0 Å². The van der Waals surface area contributed by atoms with Crippen LogP contribution in [-0.4, -0.2) is 5.54 Å². The van der Waals surface area contributed by atoms with Gasteiger partial charge in [-0.1, -0.05) is 31.4 Å². The molecule has 0 unspecified atom stereocenters. The minimum absolute atomic E-state index is 0.110. The fourth-order valence-corrected chi connectivity index (χ4v) is 2.76. The Kier molecular flexibility index (Phi) is 4.19. The van der Waals surface area contributed by atoms with E-state index in [2.05, 4.69) is 0 Å². The molecule has 0 amide bonds. The maximum absolute atomic E-state index is 12.4. The topological polar surface area (TPSA) is 26.0 Å². The van der Waals surface area contributed by atoms with Gasteiger partial charge in [-0.15, -0.1) is 0 Å². The molecule has 1 aromatic rings. The molecule has 1 aliphatic carbocycles. The van der Waals surface area contributed by atoms with Crippen LogP contribution in [0.15, 0.2) is 24.3 Å². The molecule has 0 atom stereocenters. The van der Waals surface area contributed by atoms with E-state index < -0.39 is 11.7 Å². The molecule has 0 aromatic heterocycles. The Morgan fingerprint density at radius 2 is 1.58 bits per heavy atom. The highest BCUT2D eigenvalue weighted by molar-refractivity contribution is 5.24. The summed E-state index contributed by atoms with van der Waals surface area (Å²) in [7, 11) is 0. The lowest BCUT2D eigenvalue weighted by Crippen LogP contribution is -2.42. The van der Waals surface area contributed by atoms with Crippen molar-refractivity contribution in [3.63, 3.8) is 0 Å². The predicted octanol–water partition coefficient (Wildman–Crippen LogP) is 4.30. The Morgan fingerprint density at radius 3 is 2.11 bits per heavy atom. The van der Waals surface area contributed by atoms with E-state index in [0.717, 1.165) is 43.4 Å². The number of hydrogen-bond acceptors (Lipinski definition) is 1. The van der Waals surface area contributed by atoms with Gasteiger partial charge in [0.05, 0.1) is 5.56 Å². The van der Waals surface area contributed by atoms with E-state index in [1.54, 1.807) is 12.1 Å². The van der Waals surface area contributed by atoms with E-state index in [-0.39, 0.29) is 5.54 Å². The Balaban J connectivity index is 1.93. The summed E-state index contributed by atoms with van der Waals surface area (Å²) in [5.74, 6) is 0. The number of hydrogen-bond donors (Lipinski definition) is 1. The largest absolute Gasteiger partial charge is 0.416 e. The monoisotopic (exact) mass is 271 g/mol. The SMILES string of the molecule is NC1(CCc2ccc(C(F)(F)F)cc2)CCCCC1. The minimum Gasteiger partial charge on any atom is -0.325 e. The van der Waals surface area contributed by atoms with Gasteiger partial charge in [0.1, 0.15) is 0 Å². The lowest BCUT2D eigenvalue weighted by molar-refractivity contribution is -0.137. The minimum atomic E-state index is -4.25.